The zero-order valence-electron chi connectivity index (χ0n) is 20.5. The lowest BCUT2D eigenvalue weighted by molar-refractivity contribution is -0.132. The van der Waals surface area contributed by atoms with Gasteiger partial charge in [-0.05, 0) is 73.0 Å². The molecule has 4 aromatic rings. The summed E-state index contributed by atoms with van der Waals surface area (Å²) in [6.07, 6.45) is 0.748. The van der Waals surface area contributed by atoms with Gasteiger partial charge in [-0.1, -0.05) is 29.5 Å². The normalized spacial score (nSPS) is 20.4. The maximum Gasteiger partial charge on any atom is 0.301 e. The summed E-state index contributed by atoms with van der Waals surface area (Å²) in [5, 5.41) is 11.9. The Labute approximate surface area is 217 Å². The minimum absolute atomic E-state index is 0.0255. The van der Waals surface area contributed by atoms with Crippen LogP contribution >= 0.6 is 11.3 Å². The number of hydrogen-bond acceptors (Lipinski definition) is 7. The van der Waals surface area contributed by atoms with Gasteiger partial charge >= 0.3 is 5.91 Å². The molecule has 0 unspecified atom stereocenters. The summed E-state index contributed by atoms with van der Waals surface area (Å²) in [4.78, 5) is 33.0. The van der Waals surface area contributed by atoms with Crippen molar-refractivity contribution in [3.05, 3.63) is 88.5 Å². The molecular formula is C29H24N2O5S. The predicted octanol–water partition coefficient (Wildman–Crippen LogP) is 5.56. The molecule has 8 heteroatoms. The molecule has 0 saturated carbocycles. The lowest BCUT2D eigenvalue weighted by Gasteiger charge is -2.23. The molecule has 1 N–H and O–H groups in total. The Morgan fingerprint density at radius 2 is 1.89 bits per heavy atom. The largest absolute Gasteiger partial charge is 0.507 e. The number of fused-ring (bicyclic) bond motifs is 2. The summed E-state index contributed by atoms with van der Waals surface area (Å²) < 4.78 is 12.0. The Balaban J connectivity index is 1.53. The van der Waals surface area contributed by atoms with Gasteiger partial charge in [0, 0.05) is 12.0 Å². The number of aromatic nitrogens is 1. The third-order valence-corrected chi connectivity index (χ3v) is 7.80. The average molecular weight is 513 g/mol. The summed E-state index contributed by atoms with van der Waals surface area (Å²) in [6.45, 7) is 3.97. The molecule has 2 aliphatic rings. The molecule has 1 amide bonds. The number of rotatable bonds is 4. The summed E-state index contributed by atoms with van der Waals surface area (Å²) in [6, 6.07) is 17.5. The number of aryl methyl sites for hydroxylation is 1. The van der Waals surface area contributed by atoms with Gasteiger partial charge in [0.25, 0.3) is 5.78 Å². The summed E-state index contributed by atoms with van der Waals surface area (Å²) in [5.41, 5.74) is 3.92. The van der Waals surface area contributed by atoms with Crippen LogP contribution in [0.1, 0.15) is 35.2 Å². The maximum atomic E-state index is 13.5. The van der Waals surface area contributed by atoms with Crippen molar-refractivity contribution >= 4 is 44.1 Å². The maximum absolute atomic E-state index is 13.5. The number of hydrogen-bond donors (Lipinski definition) is 1. The number of benzene rings is 3. The number of aliphatic hydroxyl groups excluding tert-OH is 1. The van der Waals surface area contributed by atoms with Crippen LogP contribution in [0.15, 0.2) is 66.2 Å². The molecule has 1 fully saturated rings. The van der Waals surface area contributed by atoms with Crippen LogP contribution in [0.3, 0.4) is 0 Å². The van der Waals surface area contributed by atoms with E-state index in [1.54, 1.807) is 43.5 Å². The quantitative estimate of drug-likeness (QED) is 0.219. The number of aliphatic hydroxyl groups is 1. The second kappa shape index (κ2) is 8.74. The van der Waals surface area contributed by atoms with Crippen LogP contribution < -0.4 is 14.4 Å². The fourth-order valence-electron chi connectivity index (χ4n) is 4.98. The number of ether oxygens (including phenoxy) is 2. The van der Waals surface area contributed by atoms with E-state index in [0.717, 1.165) is 27.1 Å². The Morgan fingerprint density at radius 3 is 2.65 bits per heavy atom. The van der Waals surface area contributed by atoms with E-state index in [4.69, 9.17) is 9.47 Å². The monoisotopic (exact) mass is 512 g/mol. The van der Waals surface area contributed by atoms with Gasteiger partial charge in [-0.25, -0.2) is 4.98 Å². The fourth-order valence-corrected chi connectivity index (χ4v) is 6.07. The Hall–Kier alpha value is -4.17. The van der Waals surface area contributed by atoms with E-state index in [9.17, 15) is 14.7 Å². The molecule has 6 rings (SSSR count). The molecule has 186 valence electrons. The minimum Gasteiger partial charge on any atom is -0.507 e. The lowest BCUT2D eigenvalue weighted by atomic mass is 9.94. The number of methoxy groups -OCH3 is 1. The Bertz CT molecular complexity index is 1600. The van der Waals surface area contributed by atoms with Crippen LogP contribution in [-0.4, -0.2) is 35.0 Å². The Kier molecular flexibility index (Phi) is 5.49. The molecule has 7 nitrogen and oxygen atoms in total. The van der Waals surface area contributed by atoms with Gasteiger partial charge in [0.05, 0.1) is 28.9 Å². The lowest BCUT2D eigenvalue weighted by Crippen LogP contribution is -2.29. The molecular weight excluding hydrogens is 488 g/mol. The summed E-state index contributed by atoms with van der Waals surface area (Å²) >= 11 is 1.34. The highest BCUT2D eigenvalue weighted by Gasteiger charge is 2.48. The standard InChI is InChI=1S/C29H24N2O5S/c1-15-4-10-21-23(12-15)37-29(30-21)31-25(17-5-8-20(35-3)9-6-17)24(27(33)28(31)34)26(32)18-7-11-22-19(14-18)13-16(2)36-22/h4-12,14,16,25,32H,13H2,1-3H3/b26-24+/t16-,25-/m1/s1. The van der Waals surface area contributed by atoms with E-state index in [-0.39, 0.29) is 17.4 Å². The van der Waals surface area contributed by atoms with E-state index in [0.29, 0.717) is 28.4 Å². The van der Waals surface area contributed by atoms with Gasteiger partial charge in [0.1, 0.15) is 23.4 Å². The van der Waals surface area contributed by atoms with Crippen LogP contribution in [-0.2, 0) is 16.0 Å². The van der Waals surface area contributed by atoms with E-state index in [1.807, 2.05) is 38.1 Å². The molecule has 1 saturated heterocycles. The molecule has 3 aromatic carbocycles. The van der Waals surface area contributed by atoms with Crippen molar-refractivity contribution in [1.29, 1.82) is 0 Å². The van der Waals surface area contributed by atoms with Gasteiger partial charge in [-0.2, -0.15) is 0 Å². The van der Waals surface area contributed by atoms with Crippen molar-refractivity contribution in [2.24, 2.45) is 0 Å². The number of carbonyl (C=O) groups excluding carboxylic acids is 2. The molecule has 0 spiro atoms. The molecule has 37 heavy (non-hydrogen) atoms. The first-order valence-electron chi connectivity index (χ1n) is 12.0. The summed E-state index contributed by atoms with van der Waals surface area (Å²) in [5.74, 6) is -0.291. The zero-order valence-corrected chi connectivity index (χ0v) is 21.3. The Morgan fingerprint density at radius 1 is 1.11 bits per heavy atom. The number of thiazole rings is 1. The van der Waals surface area contributed by atoms with E-state index < -0.39 is 17.7 Å². The predicted molar refractivity (Wildman–Crippen MR) is 142 cm³/mol. The first kappa shape index (κ1) is 23.2. The van der Waals surface area contributed by atoms with Gasteiger partial charge in [0.15, 0.2) is 5.13 Å². The smallest absolute Gasteiger partial charge is 0.301 e. The second-order valence-electron chi connectivity index (χ2n) is 9.36. The van der Waals surface area contributed by atoms with Crippen LogP contribution in [0, 0.1) is 6.92 Å². The second-order valence-corrected chi connectivity index (χ2v) is 10.4. The van der Waals surface area contributed by atoms with Crippen LogP contribution in [0.25, 0.3) is 16.0 Å². The first-order chi connectivity index (χ1) is 17.8. The third-order valence-electron chi connectivity index (χ3n) is 6.78. The van der Waals surface area contributed by atoms with Crippen molar-refractivity contribution in [3.63, 3.8) is 0 Å². The number of ketones is 1. The highest BCUT2D eigenvalue weighted by molar-refractivity contribution is 7.22. The highest BCUT2D eigenvalue weighted by atomic mass is 32.1. The average Bonchev–Trinajstić information content (AvgIpc) is 3.55. The van der Waals surface area contributed by atoms with Crippen molar-refractivity contribution < 1.29 is 24.2 Å². The van der Waals surface area contributed by atoms with E-state index in [2.05, 4.69) is 4.98 Å². The molecule has 2 atom stereocenters. The topological polar surface area (TPSA) is 89.0 Å². The van der Waals surface area contributed by atoms with Crippen LogP contribution in [0.5, 0.6) is 11.5 Å². The molecule has 1 aromatic heterocycles. The van der Waals surface area contributed by atoms with Gasteiger partial charge in [-0.15, -0.1) is 0 Å². The van der Waals surface area contributed by atoms with Crippen molar-refractivity contribution in [1.82, 2.24) is 4.98 Å². The van der Waals surface area contributed by atoms with Crippen LogP contribution in [0.4, 0.5) is 5.13 Å². The number of amides is 1. The number of carbonyl (C=O) groups is 2. The van der Waals surface area contributed by atoms with Gasteiger partial charge in [-0.3, -0.25) is 14.5 Å². The van der Waals surface area contributed by atoms with E-state index >= 15 is 0 Å². The summed E-state index contributed by atoms with van der Waals surface area (Å²) in [7, 11) is 1.57. The third kappa shape index (κ3) is 3.84. The molecule has 0 bridgehead atoms. The van der Waals surface area contributed by atoms with Gasteiger partial charge < -0.3 is 14.6 Å². The van der Waals surface area contributed by atoms with Crippen molar-refractivity contribution in [3.8, 4) is 11.5 Å². The fraction of sp³-hybridized carbons (Fsp3) is 0.207. The zero-order chi connectivity index (χ0) is 25.8. The minimum atomic E-state index is -0.851. The molecule has 2 aliphatic heterocycles. The molecule has 3 heterocycles. The van der Waals surface area contributed by atoms with Crippen molar-refractivity contribution in [2.45, 2.75) is 32.4 Å². The number of nitrogens with zero attached hydrogens (tertiary/aromatic N) is 2. The molecule has 0 radical (unpaired) electrons. The number of anilines is 1. The highest BCUT2D eigenvalue weighted by Crippen LogP contribution is 2.45. The molecule has 0 aliphatic carbocycles. The van der Waals surface area contributed by atoms with Crippen LogP contribution in [0.2, 0.25) is 0 Å². The van der Waals surface area contributed by atoms with Crippen molar-refractivity contribution in [2.75, 3.05) is 12.0 Å². The van der Waals surface area contributed by atoms with Gasteiger partial charge in [0.2, 0.25) is 0 Å². The van der Waals surface area contributed by atoms with E-state index in [1.165, 1.54) is 16.2 Å². The SMILES string of the molecule is COc1ccc([C@@H]2/C(=C(\O)c3ccc4c(c3)C[C@@H](C)O4)C(=O)C(=O)N2c2nc3ccc(C)cc3s2)cc1. The first-order valence-corrected chi connectivity index (χ1v) is 12.8. The number of Topliss-reactive ketones (excluding diaryl/α,β-unsaturated/α-hetero) is 1.